The van der Waals surface area contributed by atoms with Crippen LogP contribution >= 0.6 is 11.3 Å². The standard InChI is InChI=1S/C27H31NOS.C4H10/c1-18(16-23-12-15-30-20(23)3)26(22-8-9-22)27-19(2)28(17-21-10-13-29-14-11-21)25-7-5-4-6-24(25)27;1-3-4-2/h4-7,12,15-16,21H,8-11,13-14,17H2,1-3H3;3-4H2,1-2H3/b18-16+;. The minimum atomic E-state index is 0.711. The number of ether oxygens (including phenoxy) is 1. The molecule has 1 aliphatic heterocycles. The summed E-state index contributed by atoms with van der Waals surface area (Å²) in [6.45, 7) is 14.1. The van der Waals surface area contributed by atoms with E-state index in [0.717, 1.165) is 19.8 Å². The van der Waals surface area contributed by atoms with Crippen LogP contribution < -0.4 is 0 Å². The van der Waals surface area contributed by atoms with E-state index in [2.05, 4.69) is 81.0 Å². The molecule has 0 radical (unpaired) electrons. The number of para-hydroxylation sites is 1. The van der Waals surface area contributed by atoms with Crippen LogP contribution in [0.1, 0.15) is 81.0 Å². The van der Waals surface area contributed by atoms with Crippen molar-refractivity contribution < 1.29 is 4.74 Å². The Hall–Kier alpha value is -2.10. The average molecular weight is 476 g/mol. The van der Waals surface area contributed by atoms with E-state index in [1.807, 2.05) is 11.3 Å². The first kappa shape index (κ1) is 25.0. The summed E-state index contributed by atoms with van der Waals surface area (Å²) in [5.74, 6) is 0.711. The lowest BCUT2D eigenvalue weighted by Crippen LogP contribution is -2.20. The second-order valence-electron chi connectivity index (χ2n) is 9.88. The third-order valence-electron chi connectivity index (χ3n) is 7.28. The molecule has 182 valence electrons. The van der Waals surface area contributed by atoms with E-state index in [-0.39, 0.29) is 0 Å². The molecule has 0 spiro atoms. The Labute approximate surface area is 210 Å². The highest BCUT2D eigenvalue weighted by atomic mass is 32.1. The van der Waals surface area contributed by atoms with Crippen LogP contribution in [0.2, 0.25) is 0 Å². The first-order chi connectivity index (χ1) is 16.5. The number of hydrogen-bond donors (Lipinski definition) is 0. The van der Waals surface area contributed by atoms with E-state index < -0.39 is 0 Å². The molecule has 0 bridgehead atoms. The van der Waals surface area contributed by atoms with E-state index in [9.17, 15) is 0 Å². The molecule has 0 atom stereocenters. The summed E-state index contributed by atoms with van der Waals surface area (Å²) in [5, 5.41) is 3.61. The fourth-order valence-corrected chi connectivity index (χ4v) is 5.67. The molecule has 1 saturated heterocycles. The Bertz CT molecular complexity index is 1160. The summed E-state index contributed by atoms with van der Waals surface area (Å²) < 4.78 is 8.20. The van der Waals surface area contributed by atoms with Crippen molar-refractivity contribution in [3.63, 3.8) is 0 Å². The number of nitrogens with zero attached hydrogens (tertiary/aromatic N) is 1. The summed E-state index contributed by atoms with van der Waals surface area (Å²) >= 11 is 1.83. The van der Waals surface area contributed by atoms with Gasteiger partial charge in [-0.2, -0.15) is 0 Å². The zero-order valence-electron chi connectivity index (χ0n) is 21.7. The highest BCUT2D eigenvalue weighted by molar-refractivity contribution is 7.10. The summed E-state index contributed by atoms with van der Waals surface area (Å²) in [7, 11) is 0. The Balaban J connectivity index is 0.000000636. The maximum absolute atomic E-state index is 5.61. The Kier molecular flexibility index (Phi) is 8.50. The fourth-order valence-electron chi connectivity index (χ4n) is 4.98. The topological polar surface area (TPSA) is 14.2 Å². The number of aryl methyl sites for hydroxylation is 1. The number of hydrogen-bond acceptors (Lipinski definition) is 2. The van der Waals surface area contributed by atoms with E-state index in [4.69, 9.17) is 4.74 Å². The third kappa shape index (κ3) is 5.58. The van der Waals surface area contributed by atoms with Crippen LogP contribution in [-0.2, 0) is 11.3 Å². The van der Waals surface area contributed by atoms with Gasteiger partial charge in [-0.1, -0.05) is 56.5 Å². The molecule has 3 heteroatoms. The number of benzene rings is 1. The highest BCUT2D eigenvalue weighted by Gasteiger charge is 2.26. The van der Waals surface area contributed by atoms with Crippen molar-refractivity contribution >= 4 is 33.9 Å². The van der Waals surface area contributed by atoms with Crippen molar-refractivity contribution in [1.29, 1.82) is 0 Å². The van der Waals surface area contributed by atoms with Gasteiger partial charge in [-0.3, -0.25) is 0 Å². The third-order valence-corrected chi connectivity index (χ3v) is 8.14. The molecule has 2 fully saturated rings. The van der Waals surface area contributed by atoms with Crippen LogP contribution in [0.5, 0.6) is 0 Å². The monoisotopic (exact) mass is 475 g/mol. The lowest BCUT2D eigenvalue weighted by molar-refractivity contribution is 0.0615. The second kappa shape index (κ2) is 11.6. The van der Waals surface area contributed by atoms with Gasteiger partial charge in [0, 0.05) is 46.8 Å². The number of unbranched alkanes of at least 4 members (excludes halogenated alkanes) is 1. The summed E-state index contributed by atoms with van der Waals surface area (Å²) in [5.41, 5.74) is 10.2. The van der Waals surface area contributed by atoms with Gasteiger partial charge in [0.25, 0.3) is 0 Å². The van der Waals surface area contributed by atoms with Gasteiger partial charge >= 0.3 is 0 Å². The van der Waals surface area contributed by atoms with E-state index in [1.165, 1.54) is 82.3 Å². The number of thiophene rings is 1. The van der Waals surface area contributed by atoms with Crippen molar-refractivity contribution in [2.75, 3.05) is 13.2 Å². The molecule has 0 unspecified atom stereocenters. The molecule has 0 N–H and O–H groups in total. The molecule has 1 aromatic carbocycles. The van der Waals surface area contributed by atoms with Crippen LogP contribution in [0, 0.1) is 19.8 Å². The molecule has 0 amide bonds. The second-order valence-corrected chi connectivity index (χ2v) is 11.0. The normalized spacial score (nSPS) is 16.5. The van der Waals surface area contributed by atoms with Crippen molar-refractivity contribution in [1.82, 2.24) is 4.57 Å². The highest BCUT2D eigenvalue weighted by Crippen LogP contribution is 2.45. The summed E-state index contributed by atoms with van der Waals surface area (Å²) in [4.78, 5) is 1.40. The van der Waals surface area contributed by atoms with Crippen molar-refractivity contribution in [3.05, 3.63) is 68.6 Å². The van der Waals surface area contributed by atoms with Crippen LogP contribution in [0.3, 0.4) is 0 Å². The minimum absolute atomic E-state index is 0.711. The first-order valence-electron chi connectivity index (χ1n) is 13.2. The smallest absolute Gasteiger partial charge is 0.0488 e. The Morgan fingerprint density at radius 2 is 1.76 bits per heavy atom. The molecule has 2 nitrogen and oxygen atoms in total. The molecular formula is C31H41NOS. The van der Waals surface area contributed by atoms with Gasteiger partial charge < -0.3 is 9.30 Å². The predicted molar refractivity (Wildman–Crippen MR) is 150 cm³/mol. The van der Waals surface area contributed by atoms with Gasteiger partial charge in [0.15, 0.2) is 0 Å². The van der Waals surface area contributed by atoms with Crippen molar-refractivity contribution in [3.8, 4) is 0 Å². The zero-order valence-corrected chi connectivity index (χ0v) is 22.6. The molecule has 3 aromatic rings. The van der Waals surface area contributed by atoms with Gasteiger partial charge in [0.05, 0.1) is 0 Å². The van der Waals surface area contributed by atoms with Gasteiger partial charge in [0.2, 0.25) is 0 Å². The van der Waals surface area contributed by atoms with Gasteiger partial charge in [-0.25, -0.2) is 0 Å². The van der Waals surface area contributed by atoms with Crippen LogP contribution in [0.25, 0.3) is 22.6 Å². The molecule has 3 heterocycles. The van der Waals surface area contributed by atoms with Crippen LogP contribution in [-0.4, -0.2) is 17.8 Å². The van der Waals surface area contributed by atoms with Crippen molar-refractivity contribution in [2.45, 2.75) is 79.7 Å². The lowest BCUT2D eigenvalue weighted by atomic mass is 9.94. The lowest BCUT2D eigenvalue weighted by Gasteiger charge is -2.23. The van der Waals surface area contributed by atoms with Crippen molar-refractivity contribution in [2.24, 2.45) is 5.92 Å². The number of aromatic nitrogens is 1. The van der Waals surface area contributed by atoms with E-state index in [0.29, 0.717) is 5.92 Å². The minimum Gasteiger partial charge on any atom is -0.381 e. The number of rotatable bonds is 6. The fraction of sp³-hybridized carbons (Fsp3) is 0.484. The molecule has 2 aliphatic rings. The van der Waals surface area contributed by atoms with Crippen LogP contribution in [0.4, 0.5) is 0 Å². The zero-order chi connectivity index (χ0) is 24.1. The first-order valence-corrected chi connectivity index (χ1v) is 14.0. The summed E-state index contributed by atoms with van der Waals surface area (Å²) in [6.07, 6.45) is 9.86. The SMILES string of the molecule is C/C(=C\c1ccsc1C)C(=C1CC1)c1c(C)n(CC2CCOCC2)c2ccccc12.CCCC. The van der Waals surface area contributed by atoms with Crippen LogP contribution in [0.15, 0.2) is 46.9 Å². The maximum atomic E-state index is 5.61. The average Bonchev–Trinajstić information content (AvgIpc) is 3.57. The molecular weight excluding hydrogens is 434 g/mol. The summed E-state index contributed by atoms with van der Waals surface area (Å²) in [6, 6.07) is 11.3. The van der Waals surface area contributed by atoms with Gasteiger partial charge in [-0.05, 0) is 86.6 Å². The molecule has 1 aliphatic carbocycles. The Morgan fingerprint density at radius 1 is 1.06 bits per heavy atom. The largest absolute Gasteiger partial charge is 0.381 e. The molecule has 5 rings (SSSR count). The van der Waals surface area contributed by atoms with E-state index >= 15 is 0 Å². The van der Waals surface area contributed by atoms with Gasteiger partial charge in [0.1, 0.15) is 0 Å². The molecule has 2 aromatic heterocycles. The Morgan fingerprint density at radius 3 is 2.38 bits per heavy atom. The maximum Gasteiger partial charge on any atom is 0.0488 e. The predicted octanol–water partition coefficient (Wildman–Crippen LogP) is 9.20. The molecule has 34 heavy (non-hydrogen) atoms. The number of fused-ring (bicyclic) bond motifs is 1. The quantitative estimate of drug-likeness (QED) is 0.346. The number of allylic oxidation sites excluding steroid dienone is 3. The molecule has 1 saturated carbocycles. The van der Waals surface area contributed by atoms with E-state index in [1.54, 1.807) is 5.57 Å². The van der Waals surface area contributed by atoms with Gasteiger partial charge in [-0.15, -0.1) is 11.3 Å².